The maximum atomic E-state index is 12.6. The van der Waals surface area contributed by atoms with Crippen LogP contribution in [0.15, 0.2) is 48.5 Å². The molecule has 1 fully saturated rings. The number of nitrogens with zero attached hydrogens (tertiary/aromatic N) is 6. The van der Waals surface area contributed by atoms with Gasteiger partial charge >= 0.3 is 0 Å². The number of anilines is 1. The lowest BCUT2D eigenvalue weighted by Gasteiger charge is -2.25. The number of aromatic nitrogens is 4. The van der Waals surface area contributed by atoms with Crippen molar-refractivity contribution in [2.75, 3.05) is 31.1 Å². The summed E-state index contributed by atoms with van der Waals surface area (Å²) in [4.78, 5) is 21.8. The van der Waals surface area contributed by atoms with Gasteiger partial charge in [0.1, 0.15) is 0 Å². The van der Waals surface area contributed by atoms with E-state index in [1.165, 1.54) is 0 Å². The van der Waals surface area contributed by atoms with Crippen LogP contribution in [0.2, 0.25) is 5.02 Å². The Morgan fingerprint density at radius 1 is 0.969 bits per heavy atom. The van der Waals surface area contributed by atoms with Crippen LogP contribution in [0.25, 0.3) is 27.9 Å². The summed E-state index contributed by atoms with van der Waals surface area (Å²) in [5, 5.41) is 10.7. The first kappa shape index (κ1) is 20.7. The molecule has 0 unspecified atom stereocenters. The van der Waals surface area contributed by atoms with Crippen LogP contribution < -0.4 is 4.90 Å². The van der Waals surface area contributed by atoms with Crippen LogP contribution in [0.1, 0.15) is 20.3 Å². The van der Waals surface area contributed by atoms with Gasteiger partial charge in [0.25, 0.3) is 0 Å². The number of halogens is 1. The van der Waals surface area contributed by atoms with Crippen molar-refractivity contribution in [2.24, 2.45) is 5.92 Å². The fourth-order valence-corrected chi connectivity index (χ4v) is 4.39. The highest BCUT2D eigenvalue weighted by Crippen LogP contribution is 2.29. The Balaban J connectivity index is 1.63. The summed E-state index contributed by atoms with van der Waals surface area (Å²) in [6.07, 6.45) is 0.882. The molecule has 4 aromatic rings. The Labute approximate surface area is 191 Å². The number of amides is 1. The van der Waals surface area contributed by atoms with Gasteiger partial charge in [-0.15, -0.1) is 10.2 Å². The second-order valence-corrected chi connectivity index (χ2v) is 8.88. The number of carbonyl (C=O) groups excluding carboxylic acids is 1. The molecule has 1 saturated heterocycles. The first-order valence-electron chi connectivity index (χ1n) is 11.0. The largest absolute Gasteiger partial charge is 0.341 e. The molecule has 2 aromatic carbocycles. The molecule has 164 valence electrons. The van der Waals surface area contributed by atoms with Crippen molar-refractivity contribution in [3.05, 3.63) is 53.6 Å². The van der Waals surface area contributed by atoms with Crippen molar-refractivity contribution in [3.8, 4) is 11.4 Å². The summed E-state index contributed by atoms with van der Waals surface area (Å²) >= 11 is 6.11. The van der Waals surface area contributed by atoms with E-state index in [1.54, 1.807) is 0 Å². The first-order chi connectivity index (χ1) is 15.5. The first-order valence-corrected chi connectivity index (χ1v) is 11.3. The van der Waals surface area contributed by atoms with E-state index in [0.29, 0.717) is 18.1 Å². The monoisotopic (exact) mass is 448 g/mol. The highest BCUT2D eigenvalue weighted by molar-refractivity contribution is 6.30. The second kappa shape index (κ2) is 8.39. The van der Waals surface area contributed by atoms with E-state index in [1.807, 2.05) is 71.7 Å². The van der Waals surface area contributed by atoms with Crippen molar-refractivity contribution in [1.82, 2.24) is 24.5 Å². The lowest BCUT2D eigenvalue weighted by Crippen LogP contribution is -2.38. The Morgan fingerprint density at radius 3 is 2.53 bits per heavy atom. The minimum Gasteiger partial charge on any atom is -0.341 e. The maximum absolute atomic E-state index is 12.6. The molecule has 0 bridgehead atoms. The van der Waals surface area contributed by atoms with Gasteiger partial charge in [0.15, 0.2) is 11.5 Å². The van der Waals surface area contributed by atoms with Crippen LogP contribution in [0.4, 0.5) is 5.95 Å². The molecule has 1 amide bonds. The van der Waals surface area contributed by atoms with Crippen molar-refractivity contribution in [1.29, 1.82) is 0 Å². The van der Waals surface area contributed by atoms with Crippen molar-refractivity contribution < 1.29 is 4.79 Å². The van der Waals surface area contributed by atoms with Crippen LogP contribution in [0, 0.1) is 5.92 Å². The van der Waals surface area contributed by atoms with Crippen molar-refractivity contribution >= 4 is 40.0 Å². The lowest BCUT2D eigenvalue weighted by molar-refractivity contribution is -0.134. The molecule has 0 atom stereocenters. The van der Waals surface area contributed by atoms with E-state index in [-0.39, 0.29) is 11.8 Å². The van der Waals surface area contributed by atoms with Crippen LogP contribution >= 0.6 is 11.6 Å². The number of benzene rings is 2. The fraction of sp³-hybridized carbons (Fsp3) is 0.333. The van der Waals surface area contributed by atoms with Crippen LogP contribution in [-0.4, -0.2) is 56.6 Å². The molecule has 5 rings (SSSR count). The van der Waals surface area contributed by atoms with Gasteiger partial charge in [-0.25, -0.2) is 9.38 Å². The molecule has 0 radical (unpaired) electrons. The van der Waals surface area contributed by atoms with Crippen molar-refractivity contribution in [3.63, 3.8) is 0 Å². The maximum Gasteiger partial charge on any atom is 0.225 e. The third-order valence-corrected chi connectivity index (χ3v) is 6.17. The van der Waals surface area contributed by atoms with Crippen molar-refractivity contribution in [2.45, 2.75) is 20.3 Å². The zero-order chi connectivity index (χ0) is 22.2. The van der Waals surface area contributed by atoms with Gasteiger partial charge in [0.2, 0.25) is 11.9 Å². The number of fused-ring (bicyclic) bond motifs is 3. The Kier molecular flexibility index (Phi) is 5.43. The van der Waals surface area contributed by atoms with Crippen LogP contribution in [0.5, 0.6) is 0 Å². The molecule has 0 spiro atoms. The van der Waals surface area contributed by atoms with E-state index in [4.69, 9.17) is 16.6 Å². The Hall–Kier alpha value is -3.19. The molecule has 32 heavy (non-hydrogen) atoms. The molecule has 0 saturated carbocycles. The molecule has 0 N–H and O–H groups in total. The Bertz CT molecular complexity index is 1280. The molecule has 1 aliphatic heterocycles. The predicted octanol–water partition coefficient (Wildman–Crippen LogP) is 4.29. The van der Waals surface area contributed by atoms with E-state index >= 15 is 0 Å². The topological polar surface area (TPSA) is 66.6 Å². The summed E-state index contributed by atoms with van der Waals surface area (Å²) in [6.45, 7) is 6.85. The third kappa shape index (κ3) is 3.66. The molecule has 8 heteroatoms. The minimum atomic E-state index is 0.00130. The highest BCUT2D eigenvalue weighted by atomic mass is 35.5. The van der Waals surface area contributed by atoms with E-state index in [0.717, 1.165) is 53.4 Å². The third-order valence-electron chi connectivity index (χ3n) is 5.92. The quantitative estimate of drug-likeness (QED) is 0.467. The van der Waals surface area contributed by atoms with Gasteiger partial charge < -0.3 is 9.80 Å². The molecule has 3 heterocycles. The van der Waals surface area contributed by atoms with Gasteiger partial charge in [-0.2, -0.15) is 0 Å². The van der Waals surface area contributed by atoms with E-state index < -0.39 is 0 Å². The molecular weight excluding hydrogens is 424 g/mol. The number of carbonyl (C=O) groups is 1. The zero-order valence-corrected chi connectivity index (χ0v) is 19.0. The summed E-state index contributed by atoms with van der Waals surface area (Å²) in [7, 11) is 0. The summed E-state index contributed by atoms with van der Waals surface area (Å²) in [5.74, 6) is 1.73. The molecule has 1 aliphatic rings. The van der Waals surface area contributed by atoms with Gasteiger partial charge in [-0.1, -0.05) is 37.6 Å². The number of hydrogen-bond acceptors (Lipinski definition) is 5. The molecule has 7 nitrogen and oxygen atoms in total. The van der Waals surface area contributed by atoms with Gasteiger partial charge in [-0.3, -0.25) is 4.79 Å². The smallest absolute Gasteiger partial charge is 0.225 e. The van der Waals surface area contributed by atoms with Gasteiger partial charge in [0, 0.05) is 48.1 Å². The number of hydrogen-bond donors (Lipinski definition) is 0. The standard InChI is InChI=1S/C24H25ClN6O/c1-16(2)23(32)29-12-5-13-30(15-14-29)24-26-20-7-4-3-6-19(20)22-28-27-21(31(22)24)17-8-10-18(25)11-9-17/h3-4,6-11,16H,5,12-15H2,1-2H3. The van der Waals surface area contributed by atoms with E-state index in [9.17, 15) is 4.79 Å². The van der Waals surface area contributed by atoms with Crippen LogP contribution in [0.3, 0.4) is 0 Å². The van der Waals surface area contributed by atoms with Gasteiger partial charge in [0.05, 0.1) is 5.52 Å². The zero-order valence-electron chi connectivity index (χ0n) is 18.2. The van der Waals surface area contributed by atoms with Gasteiger partial charge in [-0.05, 0) is 42.8 Å². The fourth-order valence-electron chi connectivity index (χ4n) is 4.27. The summed E-state index contributed by atoms with van der Waals surface area (Å²) in [5.41, 5.74) is 2.57. The summed E-state index contributed by atoms with van der Waals surface area (Å²) < 4.78 is 2.03. The number of rotatable bonds is 3. The lowest BCUT2D eigenvalue weighted by atomic mass is 10.2. The SMILES string of the molecule is CC(C)C(=O)N1CCCN(c2nc3ccccc3c3nnc(-c4ccc(Cl)cc4)n23)CC1. The average molecular weight is 449 g/mol. The molecular formula is C24H25ClN6O. The normalized spacial score (nSPS) is 15.0. The average Bonchev–Trinajstić information content (AvgIpc) is 3.10. The predicted molar refractivity (Wildman–Crippen MR) is 127 cm³/mol. The molecule has 0 aliphatic carbocycles. The number of para-hydroxylation sites is 1. The second-order valence-electron chi connectivity index (χ2n) is 8.44. The van der Waals surface area contributed by atoms with E-state index in [2.05, 4.69) is 15.1 Å². The molecule has 2 aromatic heterocycles. The highest BCUT2D eigenvalue weighted by Gasteiger charge is 2.25. The van der Waals surface area contributed by atoms with Crippen LogP contribution in [-0.2, 0) is 4.79 Å². The summed E-state index contributed by atoms with van der Waals surface area (Å²) in [6, 6.07) is 15.6. The Morgan fingerprint density at radius 2 is 1.75 bits per heavy atom. The minimum absolute atomic E-state index is 0.00130.